The smallest absolute Gasteiger partial charge is 0.138 e. The topological polar surface area (TPSA) is 50.1 Å². The van der Waals surface area contributed by atoms with Crippen molar-refractivity contribution in [3.63, 3.8) is 0 Å². The second-order valence-corrected chi connectivity index (χ2v) is 6.41. The maximum Gasteiger partial charge on any atom is 0.138 e. The minimum absolute atomic E-state index is 0.979. The third-order valence-electron chi connectivity index (χ3n) is 4.68. The molecule has 1 saturated heterocycles. The summed E-state index contributed by atoms with van der Waals surface area (Å²) >= 11 is 0. The first-order valence-electron chi connectivity index (χ1n) is 8.62. The van der Waals surface area contributed by atoms with E-state index in [9.17, 15) is 0 Å². The molecule has 1 aromatic carbocycles. The van der Waals surface area contributed by atoms with Crippen LogP contribution in [0.5, 0.6) is 0 Å². The fraction of sp³-hybridized carbons (Fsp3) is 0.316. The minimum atomic E-state index is 0.979. The van der Waals surface area contributed by atoms with Crippen LogP contribution in [0.2, 0.25) is 0 Å². The Labute approximate surface area is 147 Å². The highest BCUT2D eigenvalue weighted by molar-refractivity contribution is 5.46. The van der Waals surface area contributed by atoms with E-state index in [0.717, 1.165) is 44.2 Å². The summed E-state index contributed by atoms with van der Waals surface area (Å²) in [4.78, 5) is 13.4. The lowest BCUT2D eigenvalue weighted by atomic mass is 10.1. The van der Waals surface area contributed by atoms with Gasteiger partial charge in [-0.05, 0) is 36.2 Å². The third-order valence-corrected chi connectivity index (χ3v) is 4.68. The normalized spacial score (nSPS) is 15.5. The van der Waals surface area contributed by atoms with Crippen molar-refractivity contribution in [2.75, 3.05) is 31.1 Å². The average molecular weight is 334 g/mol. The van der Waals surface area contributed by atoms with Gasteiger partial charge < -0.3 is 4.90 Å². The lowest BCUT2D eigenvalue weighted by molar-refractivity contribution is 0.249. The Bertz CT molecular complexity index is 804. The largest absolute Gasteiger partial charge is 0.354 e. The molecule has 1 fully saturated rings. The van der Waals surface area contributed by atoms with Gasteiger partial charge >= 0.3 is 0 Å². The lowest BCUT2D eigenvalue weighted by Gasteiger charge is -2.36. The zero-order chi connectivity index (χ0) is 17.1. The SMILES string of the molecule is Cc1cccnc1N1CCN(Cc2ccc(-n3cncn3)cc2)CC1. The van der Waals surface area contributed by atoms with Crippen LogP contribution in [-0.2, 0) is 6.54 Å². The second-order valence-electron chi connectivity index (χ2n) is 6.41. The molecule has 0 bridgehead atoms. The predicted molar refractivity (Wildman–Crippen MR) is 97.8 cm³/mol. The van der Waals surface area contributed by atoms with Gasteiger partial charge in [-0.15, -0.1) is 0 Å². The number of piperazine rings is 1. The van der Waals surface area contributed by atoms with Gasteiger partial charge in [0.25, 0.3) is 0 Å². The van der Waals surface area contributed by atoms with Crippen molar-refractivity contribution >= 4 is 5.82 Å². The van der Waals surface area contributed by atoms with Crippen molar-refractivity contribution < 1.29 is 0 Å². The number of aromatic nitrogens is 4. The molecular formula is C19H22N6. The fourth-order valence-electron chi connectivity index (χ4n) is 3.28. The van der Waals surface area contributed by atoms with Gasteiger partial charge in [0.1, 0.15) is 18.5 Å². The van der Waals surface area contributed by atoms with E-state index in [0.29, 0.717) is 0 Å². The van der Waals surface area contributed by atoms with E-state index in [1.165, 1.54) is 11.1 Å². The first-order valence-corrected chi connectivity index (χ1v) is 8.62. The van der Waals surface area contributed by atoms with Crippen LogP contribution in [0, 0.1) is 6.92 Å². The summed E-state index contributed by atoms with van der Waals surface area (Å²) in [5.74, 6) is 1.12. The molecule has 6 heteroatoms. The van der Waals surface area contributed by atoms with Crippen molar-refractivity contribution in [3.05, 3.63) is 66.4 Å². The van der Waals surface area contributed by atoms with Crippen molar-refractivity contribution in [2.45, 2.75) is 13.5 Å². The molecule has 0 atom stereocenters. The predicted octanol–water partition coefficient (Wildman–Crippen LogP) is 2.29. The Morgan fingerprint density at radius 2 is 1.80 bits per heavy atom. The Balaban J connectivity index is 1.35. The van der Waals surface area contributed by atoms with Gasteiger partial charge in [-0.3, -0.25) is 4.90 Å². The maximum absolute atomic E-state index is 4.54. The zero-order valence-electron chi connectivity index (χ0n) is 14.4. The van der Waals surface area contributed by atoms with Gasteiger partial charge in [0.2, 0.25) is 0 Å². The van der Waals surface area contributed by atoms with Crippen LogP contribution in [0.25, 0.3) is 5.69 Å². The average Bonchev–Trinajstić information content (AvgIpc) is 3.18. The van der Waals surface area contributed by atoms with Crippen molar-refractivity contribution in [3.8, 4) is 5.69 Å². The molecule has 3 aromatic rings. The summed E-state index contributed by atoms with van der Waals surface area (Å²) in [6.07, 6.45) is 5.15. The van der Waals surface area contributed by atoms with E-state index in [-0.39, 0.29) is 0 Å². The van der Waals surface area contributed by atoms with Gasteiger partial charge in [0.15, 0.2) is 0 Å². The molecule has 3 heterocycles. The van der Waals surface area contributed by atoms with Crippen LogP contribution < -0.4 is 4.90 Å². The van der Waals surface area contributed by atoms with Crippen LogP contribution >= 0.6 is 0 Å². The van der Waals surface area contributed by atoms with Crippen molar-refractivity contribution in [2.24, 2.45) is 0 Å². The molecule has 0 aliphatic carbocycles. The molecule has 1 aliphatic rings. The second kappa shape index (κ2) is 7.03. The number of hydrogen-bond acceptors (Lipinski definition) is 5. The standard InChI is InChI=1S/C19H22N6/c1-16-3-2-8-21-19(16)24-11-9-23(10-12-24)13-17-4-6-18(7-5-17)25-15-20-14-22-25/h2-8,14-15H,9-13H2,1H3. The highest BCUT2D eigenvalue weighted by atomic mass is 15.3. The summed E-state index contributed by atoms with van der Waals surface area (Å²) in [5.41, 5.74) is 3.61. The summed E-state index contributed by atoms with van der Waals surface area (Å²) in [6.45, 7) is 7.27. The summed E-state index contributed by atoms with van der Waals surface area (Å²) < 4.78 is 1.78. The minimum Gasteiger partial charge on any atom is -0.354 e. The number of rotatable bonds is 4. The highest BCUT2D eigenvalue weighted by Crippen LogP contribution is 2.19. The molecule has 6 nitrogen and oxygen atoms in total. The monoisotopic (exact) mass is 334 g/mol. The zero-order valence-corrected chi connectivity index (χ0v) is 14.4. The molecule has 4 rings (SSSR count). The number of aryl methyl sites for hydroxylation is 1. The first-order chi connectivity index (χ1) is 12.3. The molecule has 0 amide bonds. The van der Waals surface area contributed by atoms with Crippen LogP contribution in [0.4, 0.5) is 5.82 Å². The van der Waals surface area contributed by atoms with Gasteiger partial charge in [-0.1, -0.05) is 18.2 Å². The molecule has 128 valence electrons. The lowest BCUT2D eigenvalue weighted by Crippen LogP contribution is -2.46. The Kier molecular flexibility index (Phi) is 4.43. The molecule has 0 unspecified atom stereocenters. The maximum atomic E-state index is 4.54. The van der Waals surface area contributed by atoms with E-state index in [2.05, 4.69) is 62.1 Å². The van der Waals surface area contributed by atoms with E-state index >= 15 is 0 Å². The Morgan fingerprint density at radius 1 is 1.00 bits per heavy atom. The summed E-state index contributed by atoms with van der Waals surface area (Å²) in [6, 6.07) is 12.7. The molecule has 0 N–H and O–H groups in total. The van der Waals surface area contributed by atoms with E-state index < -0.39 is 0 Å². The van der Waals surface area contributed by atoms with Crippen LogP contribution in [0.15, 0.2) is 55.2 Å². The molecule has 0 saturated carbocycles. The van der Waals surface area contributed by atoms with Gasteiger partial charge in [-0.25, -0.2) is 14.6 Å². The molecule has 1 aliphatic heterocycles. The van der Waals surface area contributed by atoms with Crippen LogP contribution in [0.1, 0.15) is 11.1 Å². The molecule has 2 aromatic heterocycles. The molecule has 25 heavy (non-hydrogen) atoms. The van der Waals surface area contributed by atoms with E-state index in [1.807, 2.05) is 12.3 Å². The number of nitrogens with zero attached hydrogens (tertiary/aromatic N) is 6. The first kappa shape index (κ1) is 15.8. The summed E-state index contributed by atoms with van der Waals surface area (Å²) in [7, 11) is 0. The summed E-state index contributed by atoms with van der Waals surface area (Å²) in [5, 5.41) is 4.16. The van der Waals surface area contributed by atoms with E-state index in [4.69, 9.17) is 0 Å². The number of pyridine rings is 1. The van der Waals surface area contributed by atoms with Crippen LogP contribution in [-0.4, -0.2) is 50.8 Å². The molecular weight excluding hydrogens is 312 g/mol. The Hall–Kier alpha value is -2.73. The van der Waals surface area contributed by atoms with Crippen LogP contribution in [0.3, 0.4) is 0 Å². The highest BCUT2D eigenvalue weighted by Gasteiger charge is 2.19. The van der Waals surface area contributed by atoms with Gasteiger partial charge in [-0.2, -0.15) is 5.10 Å². The number of anilines is 1. The van der Waals surface area contributed by atoms with Crippen molar-refractivity contribution in [1.29, 1.82) is 0 Å². The van der Waals surface area contributed by atoms with Crippen molar-refractivity contribution in [1.82, 2.24) is 24.6 Å². The fourth-order valence-corrected chi connectivity index (χ4v) is 3.28. The quantitative estimate of drug-likeness (QED) is 0.733. The third kappa shape index (κ3) is 3.53. The van der Waals surface area contributed by atoms with Gasteiger partial charge in [0, 0.05) is 38.9 Å². The number of benzene rings is 1. The Morgan fingerprint density at radius 3 is 2.48 bits per heavy atom. The molecule has 0 spiro atoms. The number of hydrogen-bond donors (Lipinski definition) is 0. The van der Waals surface area contributed by atoms with Gasteiger partial charge in [0.05, 0.1) is 5.69 Å². The van der Waals surface area contributed by atoms with E-state index in [1.54, 1.807) is 17.3 Å². The molecule has 0 radical (unpaired) electrons.